The van der Waals surface area contributed by atoms with Crippen molar-refractivity contribution in [1.29, 1.82) is 0 Å². The van der Waals surface area contributed by atoms with Crippen molar-refractivity contribution in [1.82, 2.24) is 10.2 Å². The first kappa shape index (κ1) is 9.85. The monoisotopic (exact) mass is 176 g/mol. The molecule has 1 aromatic heterocycles. The van der Waals surface area contributed by atoms with E-state index in [0.29, 0.717) is 0 Å². The Kier molecular flexibility index (Phi) is 2.77. The molecule has 0 atom stereocenters. The lowest BCUT2D eigenvalue weighted by Gasteiger charge is -2.22. The standard InChI is InChI=1S/C11H16N2/c1-5-7-11(3,4)9-8-12-13-10(9)6-2/h2,8H,5,7H2,1,3-4H3,(H,12,13). The zero-order valence-electron chi connectivity index (χ0n) is 8.52. The maximum atomic E-state index is 5.37. The van der Waals surface area contributed by atoms with Crippen LogP contribution in [0.15, 0.2) is 6.20 Å². The fourth-order valence-electron chi connectivity index (χ4n) is 1.67. The molecule has 1 heterocycles. The van der Waals surface area contributed by atoms with Gasteiger partial charge in [-0.25, -0.2) is 0 Å². The molecule has 0 unspecified atom stereocenters. The number of terminal acetylenes is 1. The number of aromatic nitrogens is 2. The van der Waals surface area contributed by atoms with Crippen molar-refractivity contribution in [3.05, 3.63) is 17.5 Å². The molecule has 0 saturated heterocycles. The first-order valence-corrected chi connectivity index (χ1v) is 4.62. The van der Waals surface area contributed by atoms with Crippen molar-refractivity contribution < 1.29 is 0 Å². The van der Waals surface area contributed by atoms with Gasteiger partial charge in [0, 0.05) is 5.56 Å². The zero-order chi connectivity index (χ0) is 9.90. The highest BCUT2D eigenvalue weighted by Gasteiger charge is 2.23. The van der Waals surface area contributed by atoms with E-state index in [1.165, 1.54) is 0 Å². The second-order valence-corrected chi connectivity index (χ2v) is 3.94. The molecule has 0 amide bonds. The SMILES string of the molecule is C#Cc1[nH]ncc1C(C)(C)CCC. The number of hydrogen-bond acceptors (Lipinski definition) is 1. The van der Waals surface area contributed by atoms with Gasteiger partial charge in [-0.15, -0.1) is 6.42 Å². The first-order chi connectivity index (χ1) is 6.11. The highest BCUT2D eigenvalue weighted by atomic mass is 15.1. The van der Waals surface area contributed by atoms with E-state index in [-0.39, 0.29) is 5.41 Å². The quantitative estimate of drug-likeness (QED) is 0.704. The second-order valence-electron chi connectivity index (χ2n) is 3.94. The molecular weight excluding hydrogens is 160 g/mol. The molecule has 13 heavy (non-hydrogen) atoms. The van der Waals surface area contributed by atoms with Gasteiger partial charge in [0.2, 0.25) is 0 Å². The van der Waals surface area contributed by atoms with E-state index in [4.69, 9.17) is 6.42 Å². The largest absolute Gasteiger partial charge is 0.270 e. The summed E-state index contributed by atoms with van der Waals surface area (Å²) in [5.41, 5.74) is 2.10. The van der Waals surface area contributed by atoms with E-state index in [1.807, 2.05) is 6.20 Å². The maximum Gasteiger partial charge on any atom is 0.111 e. The molecule has 2 nitrogen and oxygen atoms in total. The van der Waals surface area contributed by atoms with E-state index in [0.717, 1.165) is 24.1 Å². The lowest BCUT2D eigenvalue weighted by atomic mass is 9.81. The molecule has 70 valence electrons. The molecule has 0 aromatic carbocycles. The number of H-pyrrole nitrogens is 1. The Bertz CT molecular complexity index is 315. The van der Waals surface area contributed by atoms with Crippen molar-refractivity contribution in [2.24, 2.45) is 0 Å². The van der Waals surface area contributed by atoms with Gasteiger partial charge in [0.05, 0.1) is 6.20 Å². The lowest BCUT2D eigenvalue weighted by molar-refractivity contribution is 0.472. The zero-order valence-corrected chi connectivity index (χ0v) is 8.52. The van der Waals surface area contributed by atoms with Crippen LogP contribution in [0.2, 0.25) is 0 Å². The first-order valence-electron chi connectivity index (χ1n) is 4.62. The number of hydrogen-bond donors (Lipinski definition) is 1. The summed E-state index contributed by atoms with van der Waals surface area (Å²) in [5, 5.41) is 6.81. The predicted molar refractivity (Wildman–Crippen MR) is 54.5 cm³/mol. The number of aromatic amines is 1. The molecule has 0 bridgehead atoms. The van der Waals surface area contributed by atoms with Gasteiger partial charge >= 0.3 is 0 Å². The minimum Gasteiger partial charge on any atom is -0.270 e. The van der Waals surface area contributed by atoms with Crippen molar-refractivity contribution in [2.75, 3.05) is 0 Å². The summed E-state index contributed by atoms with van der Waals surface area (Å²) in [4.78, 5) is 0. The fraction of sp³-hybridized carbons (Fsp3) is 0.545. The van der Waals surface area contributed by atoms with E-state index in [1.54, 1.807) is 0 Å². The summed E-state index contributed by atoms with van der Waals surface area (Å²) in [5.74, 6) is 2.62. The van der Waals surface area contributed by atoms with Crippen LogP contribution in [0.25, 0.3) is 0 Å². The molecule has 0 saturated carbocycles. The van der Waals surface area contributed by atoms with Crippen LogP contribution in [0, 0.1) is 12.3 Å². The van der Waals surface area contributed by atoms with Crippen molar-refractivity contribution in [3.8, 4) is 12.3 Å². The van der Waals surface area contributed by atoms with Crippen molar-refractivity contribution in [3.63, 3.8) is 0 Å². The topological polar surface area (TPSA) is 28.7 Å². The third kappa shape index (κ3) is 1.92. The molecule has 1 rings (SSSR count). The third-order valence-corrected chi connectivity index (χ3v) is 2.39. The normalized spacial score (nSPS) is 11.2. The Morgan fingerprint density at radius 3 is 2.85 bits per heavy atom. The molecule has 0 aliphatic rings. The molecule has 0 aliphatic heterocycles. The molecule has 2 heteroatoms. The van der Waals surface area contributed by atoms with Gasteiger partial charge in [-0.05, 0) is 11.8 Å². The Morgan fingerprint density at radius 1 is 1.62 bits per heavy atom. The van der Waals surface area contributed by atoms with Crippen LogP contribution < -0.4 is 0 Å². The average Bonchev–Trinajstić information content (AvgIpc) is 2.51. The van der Waals surface area contributed by atoms with Gasteiger partial charge in [0.1, 0.15) is 5.69 Å². The van der Waals surface area contributed by atoms with Crippen molar-refractivity contribution in [2.45, 2.75) is 39.0 Å². The van der Waals surface area contributed by atoms with Crippen LogP contribution in [-0.2, 0) is 5.41 Å². The summed E-state index contributed by atoms with van der Waals surface area (Å²) >= 11 is 0. The van der Waals surface area contributed by atoms with E-state index >= 15 is 0 Å². The molecule has 1 N–H and O–H groups in total. The van der Waals surface area contributed by atoms with E-state index in [2.05, 4.69) is 36.9 Å². The van der Waals surface area contributed by atoms with Crippen LogP contribution in [-0.4, -0.2) is 10.2 Å². The highest BCUT2D eigenvalue weighted by molar-refractivity contribution is 5.36. The fourth-order valence-corrected chi connectivity index (χ4v) is 1.67. The number of nitrogens with one attached hydrogen (secondary N) is 1. The minimum atomic E-state index is 0.128. The maximum absolute atomic E-state index is 5.37. The summed E-state index contributed by atoms with van der Waals surface area (Å²) in [6.07, 6.45) is 9.49. The average molecular weight is 176 g/mol. The smallest absolute Gasteiger partial charge is 0.111 e. The Morgan fingerprint density at radius 2 is 2.31 bits per heavy atom. The molecule has 0 fully saturated rings. The molecule has 0 aliphatic carbocycles. The van der Waals surface area contributed by atoms with Gasteiger partial charge < -0.3 is 0 Å². The highest BCUT2D eigenvalue weighted by Crippen LogP contribution is 2.29. The second kappa shape index (κ2) is 3.66. The summed E-state index contributed by atoms with van der Waals surface area (Å²) in [7, 11) is 0. The predicted octanol–water partition coefficient (Wildman–Crippen LogP) is 2.47. The van der Waals surface area contributed by atoms with Crippen LogP contribution in [0.3, 0.4) is 0 Å². The Labute approximate surface area is 79.7 Å². The number of nitrogens with zero attached hydrogens (tertiary/aromatic N) is 1. The Balaban J connectivity index is 3.00. The molecule has 1 aromatic rings. The molecule has 0 radical (unpaired) electrons. The van der Waals surface area contributed by atoms with Gasteiger partial charge in [0.15, 0.2) is 0 Å². The lowest BCUT2D eigenvalue weighted by Crippen LogP contribution is -2.17. The van der Waals surface area contributed by atoms with Crippen LogP contribution >= 0.6 is 0 Å². The summed E-state index contributed by atoms with van der Waals surface area (Å²) in [6.45, 7) is 6.57. The van der Waals surface area contributed by atoms with Gasteiger partial charge in [-0.1, -0.05) is 33.1 Å². The van der Waals surface area contributed by atoms with Crippen LogP contribution in [0.4, 0.5) is 0 Å². The minimum absolute atomic E-state index is 0.128. The Hall–Kier alpha value is -1.23. The van der Waals surface area contributed by atoms with E-state index in [9.17, 15) is 0 Å². The van der Waals surface area contributed by atoms with Gasteiger partial charge in [0.25, 0.3) is 0 Å². The third-order valence-electron chi connectivity index (χ3n) is 2.39. The van der Waals surface area contributed by atoms with Gasteiger partial charge in [-0.3, -0.25) is 5.10 Å². The molecular formula is C11H16N2. The van der Waals surface area contributed by atoms with Gasteiger partial charge in [-0.2, -0.15) is 5.10 Å². The summed E-state index contributed by atoms with van der Waals surface area (Å²) < 4.78 is 0. The van der Waals surface area contributed by atoms with Crippen molar-refractivity contribution >= 4 is 0 Å². The molecule has 0 spiro atoms. The van der Waals surface area contributed by atoms with E-state index < -0.39 is 0 Å². The van der Waals surface area contributed by atoms with Crippen LogP contribution in [0.5, 0.6) is 0 Å². The summed E-state index contributed by atoms with van der Waals surface area (Å²) in [6, 6.07) is 0. The number of rotatable bonds is 3. The van der Waals surface area contributed by atoms with Crippen LogP contribution in [0.1, 0.15) is 44.9 Å².